The maximum absolute atomic E-state index is 12.3. The number of hydrogen-bond acceptors (Lipinski definition) is 7. The quantitative estimate of drug-likeness (QED) is 0.546. The third-order valence-corrected chi connectivity index (χ3v) is 4.76. The van der Waals surface area contributed by atoms with E-state index >= 15 is 0 Å². The first-order chi connectivity index (χ1) is 12.8. The molecule has 0 unspecified atom stereocenters. The highest BCUT2D eigenvalue weighted by Crippen LogP contribution is 2.16. The molecule has 0 radical (unpaired) electrons. The summed E-state index contributed by atoms with van der Waals surface area (Å²) in [5.41, 5.74) is 3.53. The molecule has 2 aromatic rings. The van der Waals surface area contributed by atoms with E-state index in [1.807, 2.05) is 32.9 Å². The van der Waals surface area contributed by atoms with E-state index in [1.165, 1.54) is 0 Å². The molecule has 0 saturated carbocycles. The maximum atomic E-state index is 12.3. The van der Waals surface area contributed by atoms with Gasteiger partial charge in [-0.05, 0) is 50.5 Å². The minimum Gasteiger partial charge on any atom is -0.457 e. The molecule has 0 atom stereocenters. The highest BCUT2D eigenvalue weighted by molar-refractivity contribution is 8.00. The van der Waals surface area contributed by atoms with Crippen LogP contribution in [0.4, 0.5) is 5.82 Å². The number of nitrogens with zero attached hydrogens (tertiary/aromatic N) is 1. The lowest BCUT2D eigenvalue weighted by atomic mass is 9.98. The van der Waals surface area contributed by atoms with Gasteiger partial charge in [-0.3, -0.25) is 14.4 Å². The molecule has 0 aliphatic carbocycles. The number of ketones is 1. The van der Waals surface area contributed by atoms with Crippen LogP contribution in [0.15, 0.2) is 22.7 Å². The van der Waals surface area contributed by atoms with E-state index < -0.39 is 5.97 Å². The largest absolute Gasteiger partial charge is 0.457 e. The van der Waals surface area contributed by atoms with Gasteiger partial charge >= 0.3 is 5.97 Å². The number of carbonyl (C=O) groups is 3. The fourth-order valence-electron chi connectivity index (χ4n) is 2.36. The van der Waals surface area contributed by atoms with Crippen molar-refractivity contribution >= 4 is 35.2 Å². The molecule has 1 N–H and O–H groups in total. The predicted octanol–water partition coefficient (Wildman–Crippen LogP) is 3.01. The third-order valence-electron chi connectivity index (χ3n) is 3.85. The second kappa shape index (κ2) is 9.36. The summed E-state index contributed by atoms with van der Waals surface area (Å²) in [6, 6.07) is 5.35. The van der Waals surface area contributed by atoms with Crippen molar-refractivity contribution in [1.82, 2.24) is 5.16 Å². The van der Waals surface area contributed by atoms with Crippen molar-refractivity contribution in [2.45, 2.75) is 27.7 Å². The highest BCUT2D eigenvalue weighted by atomic mass is 32.2. The molecule has 0 aliphatic heterocycles. The number of anilines is 1. The van der Waals surface area contributed by atoms with Gasteiger partial charge in [0.1, 0.15) is 5.76 Å². The van der Waals surface area contributed by atoms with Crippen LogP contribution in [0.3, 0.4) is 0 Å². The van der Waals surface area contributed by atoms with Crippen LogP contribution in [0.25, 0.3) is 0 Å². The van der Waals surface area contributed by atoms with E-state index in [1.54, 1.807) is 13.0 Å². The van der Waals surface area contributed by atoms with Gasteiger partial charge in [-0.1, -0.05) is 11.2 Å². The lowest BCUT2D eigenvalue weighted by Gasteiger charge is -2.09. The van der Waals surface area contributed by atoms with Crippen LogP contribution in [0.1, 0.15) is 32.8 Å². The second-order valence-electron chi connectivity index (χ2n) is 6.20. The second-order valence-corrected chi connectivity index (χ2v) is 7.18. The molecule has 27 heavy (non-hydrogen) atoms. The van der Waals surface area contributed by atoms with E-state index in [4.69, 9.17) is 9.26 Å². The van der Waals surface area contributed by atoms with Crippen molar-refractivity contribution in [2.24, 2.45) is 0 Å². The molecular weight excluding hydrogens is 368 g/mol. The van der Waals surface area contributed by atoms with Gasteiger partial charge in [-0.2, -0.15) is 0 Å². The zero-order chi connectivity index (χ0) is 20.0. The summed E-state index contributed by atoms with van der Waals surface area (Å²) in [4.78, 5) is 35.8. The zero-order valence-corrected chi connectivity index (χ0v) is 16.6. The standard InChI is InChI=1S/C19H22N2O5S/c1-11-5-13(3)15(6-12(11)2)16(22)8-25-19(24)10-27-9-18(23)20-17-7-14(4)26-21-17/h5-7H,8-10H2,1-4H3,(H,20,21,23). The number of Topliss-reactive ketones (excluding diaryl/α,β-unsaturated/α-hetero) is 1. The molecule has 0 bridgehead atoms. The molecule has 0 spiro atoms. The average molecular weight is 390 g/mol. The topological polar surface area (TPSA) is 98.5 Å². The molecule has 0 saturated heterocycles. The molecule has 7 nitrogen and oxygen atoms in total. The van der Waals surface area contributed by atoms with Gasteiger partial charge in [0.05, 0.1) is 11.5 Å². The van der Waals surface area contributed by atoms with Crippen LogP contribution >= 0.6 is 11.8 Å². The van der Waals surface area contributed by atoms with Crippen molar-refractivity contribution in [3.63, 3.8) is 0 Å². The Morgan fingerprint density at radius 2 is 1.74 bits per heavy atom. The van der Waals surface area contributed by atoms with Crippen molar-refractivity contribution in [2.75, 3.05) is 23.4 Å². The van der Waals surface area contributed by atoms with Crippen LogP contribution in [-0.4, -0.2) is 40.9 Å². The Hall–Kier alpha value is -2.61. The van der Waals surface area contributed by atoms with Gasteiger partial charge in [0.15, 0.2) is 12.4 Å². The molecule has 1 amide bonds. The normalized spacial score (nSPS) is 10.5. The summed E-state index contributed by atoms with van der Waals surface area (Å²) in [6.07, 6.45) is 0. The van der Waals surface area contributed by atoms with Gasteiger partial charge in [0.25, 0.3) is 0 Å². The van der Waals surface area contributed by atoms with E-state index in [0.29, 0.717) is 17.1 Å². The van der Waals surface area contributed by atoms with Gasteiger partial charge in [-0.15, -0.1) is 11.8 Å². The zero-order valence-electron chi connectivity index (χ0n) is 15.8. The van der Waals surface area contributed by atoms with E-state index in [9.17, 15) is 14.4 Å². The summed E-state index contributed by atoms with van der Waals surface area (Å²) in [6.45, 7) is 7.17. The molecule has 144 valence electrons. The minimum atomic E-state index is -0.542. The molecule has 8 heteroatoms. The molecule has 0 aliphatic rings. The van der Waals surface area contributed by atoms with E-state index in [0.717, 1.165) is 28.5 Å². The SMILES string of the molecule is Cc1cc(NC(=O)CSCC(=O)OCC(=O)c2cc(C)c(C)cc2C)no1. The van der Waals surface area contributed by atoms with Gasteiger partial charge in [0, 0.05) is 11.6 Å². The minimum absolute atomic E-state index is 0.0234. The number of aryl methyl sites for hydroxylation is 4. The first-order valence-electron chi connectivity index (χ1n) is 8.34. The van der Waals surface area contributed by atoms with Crippen molar-refractivity contribution in [1.29, 1.82) is 0 Å². The Labute approximate surface area is 161 Å². The maximum Gasteiger partial charge on any atom is 0.316 e. The summed E-state index contributed by atoms with van der Waals surface area (Å²) in [5, 5.41) is 6.20. The number of nitrogens with one attached hydrogen (secondary N) is 1. The number of thioether (sulfide) groups is 1. The lowest BCUT2D eigenvalue weighted by Crippen LogP contribution is -2.19. The number of hydrogen-bond donors (Lipinski definition) is 1. The van der Waals surface area contributed by atoms with Gasteiger partial charge in [0.2, 0.25) is 11.7 Å². The molecule has 2 rings (SSSR count). The lowest BCUT2D eigenvalue weighted by molar-refractivity contribution is -0.139. The summed E-state index contributed by atoms with van der Waals surface area (Å²) >= 11 is 1.09. The smallest absolute Gasteiger partial charge is 0.316 e. The Morgan fingerprint density at radius 1 is 1.04 bits per heavy atom. The third kappa shape index (κ3) is 6.25. The first-order valence-corrected chi connectivity index (χ1v) is 9.49. The molecule has 0 fully saturated rings. The number of benzene rings is 1. The summed E-state index contributed by atoms with van der Waals surface area (Å²) < 4.78 is 9.86. The van der Waals surface area contributed by atoms with E-state index in [2.05, 4.69) is 10.5 Å². The first kappa shape index (κ1) is 20.7. The van der Waals surface area contributed by atoms with E-state index in [-0.39, 0.29) is 29.8 Å². The van der Waals surface area contributed by atoms with Crippen LogP contribution in [0.2, 0.25) is 0 Å². The Balaban J connectivity index is 1.72. The number of rotatable bonds is 8. The number of amides is 1. The fourth-order valence-corrected chi connectivity index (χ4v) is 2.97. The molecule has 1 aromatic heterocycles. The number of aromatic nitrogens is 1. The van der Waals surface area contributed by atoms with Crippen LogP contribution in [0.5, 0.6) is 0 Å². The average Bonchev–Trinajstić information content (AvgIpc) is 3.00. The molecule has 1 aromatic carbocycles. The fraction of sp³-hybridized carbons (Fsp3) is 0.368. The number of esters is 1. The molecular formula is C19H22N2O5S. The van der Waals surface area contributed by atoms with Crippen LogP contribution in [-0.2, 0) is 14.3 Å². The van der Waals surface area contributed by atoms with Crippen molar-refractivity contribution < 1.29 is 23.6 Å². The van der Waals surface area contributed by atoms with Crippen molar-refractivity contribution in [3.8, 4) is 0 Å². The van der Waals surface area contributed by atoms with Crippen molar-refractivity contribution in [3.05, 3.63) is 46.2 Å². The molecule has 1 heterocycles. The number of carbonyl (C=O) groups excluding carboxylic acids is 3. The monoisotopic (exact) mass is 390 g/mol. The number of ether oxygens (including phenoxy) is 1. The van der Waals surface area contributed by atoms with Crippen LogP contribution in [0, 0.1) is 27.7 Å². The van der Waals surface area contributed by atoms with Gasteiger partial charge in [-0.25, -0.2) is 0 Å². The van der Waals surface area contributed by atoms with Gasteiger partial charge < -0.3 is 14.6 Å². The Bertz CT molecular complexity index is 860. The van der Waals surface area contributed by atoms with Crippen LogP contribution < -0.4 is 5.32 Å². The predicted molar refractivity (Wildman–Crippen MR) is 103 cm³/mol. The summed E-state index contributed by atoms with van der Waals surface area (Å²) in [5.74, 6) is -0.133. The Morgan fingerprint density at radius 3 is 2.41 bits per heavy atom. The Kier molecular flexibility index (Phi) is 7.18. The summed E-state index contributed by atoms with van der Waals surface area (Å²) in [7, 11) is 0. The highest BCUT2D eigenvalue weighted by Gasteiger charge is 2.14.